The first-order valence-corrected chi connectivity index (χ1v) is 5.03. The van der Waals surface area contributed by atoms with Crippen molar-refractivity contribution in [2.75, 3.05) is 0 Å². The molecule has 74 valence electrons. The van der Waals surface area contributed by atoms with E-state index in [4.69, 9.17) is 0 Å². The molecule has 1 aliphatic rings. The van der Waals surface area contributed by atoms with Crippen LogP contribution in [-0.4, -0.2) is 11.2 Å². The summed E-state index contributed by atoms with van der Waals surface area (Å²) < 4.78 is 0. The fraction of sp³-hybridized carbons (Fsp3) is 1.00. The molecule has 1 fully saturated rings. The lowest BCUT2D eigenvalue weighted by molar-refractivity contribution is 0.157. The van der Waals surface area contributed by atoms with Crippen LogP contribution in [0.25, 0.3) is 0 Å². The van der Waals surface area contributed by atoms with Gasteiger partial charge < -0.3 is 5.11 Å². The second-order valence-electron chi connectivity index (χ2n) is 4.83. The van der Waals surface area contributed by atoms with E-state index in [0.29, 0.717) is 10.8 Å². The van der Waals surface area contributed by atoms with Crippen LogP contribution in [0.2, 0.25) is 0 Å². The normalized spacial score (nSPS) is 26.2. The van der Waals surface area contributed by atoms with E-state index in [2.05, 4.69) is 27.7 Å². The second kappa shape index (κ2) is 3.78. The first-order chi connectivity index (χ1) is 5.35. The predicted molar refractivity (Wildman–Crippen MR) is 54.2 cm³/mol. The zero-order valence-corrected chi connectivity index (χ0v) is 9.44. The number of rotatable bonds is 0. The molecule has 0 amide bonds. The molecule has 1 nitrogen and oxygen atoms in total. The molecule has 0 bridgehead atoms. The Morgan fingerprint density at radius 2 is 1.17 bits per heavy atom. The topological polar surface area (TPSA) is 20.2 Å². The molecule has 0 radical (unpaired) electrons. The van der Waals surface area contributed by atoms with Crippen LogP contribution in [0.15, 0.2) is 0 Å². The van der Waals surface area contributed by atoms with E-state index in [9.17, 15) is 5.11 Å². The van der Waals surface area contributed by atoms with Gasteiger partial charge in [0.25, 0.3) is 0 Å². The van der Waals surface area contributed by atoms with Gasteiger partial charge >= 0.3 is 0 Å². The highest BCUT2D eigenvalue weighted by atomic mass is 16.3. The van der Waals surface area contributed by atoms with Gasteiger partial charge in [0.1, 0.15) is 0 Å². The molecule has 0 spiro atoms. The molecule has 0 aromatic rings. The molecule has 0 aromatic heterocycles. The highest BCUT2D eigenvalue weighted by Crippen LogP contribution is 2.51. The Morgan fingerprint density at radius 3 is 1.25 bits per heavy atom. The standard InChI is InChI=1S/C9H18O.C2H6/c1-8(2)5-7(10)6-9(8,3)4;1-2/h7,10H,5-6H2,1-4H3;1-2H3. The average Bonchev–Trinajstić information content (AvgIpc) is 2.04. The third-order valence-electron chi connectivity index (χ3n) is 3.32. The molecule has 0 saturated heterocycles. The van der Waals surface area contributed by atoms with Crippen LogP contribution < -0.4 is 0 Å². The summed E-state index contributed by atoms with van der Waals surface area (Å²) in [5.74, 6) is 0. The van der Waals surface area contributed by atoms with Crippen LogP contribution in [0.1, 0.15) is 54.4 Å². The maximum Gasteiger partial charge on any atom is 0.0550 e. The van der Waals surface area contributed by atoms with Crippen molar-refractivity contribution in [3.8, 4) is 0 Å². The lowest BCUT2D eigenvalue weighted by Crippen LogP contribution is -2.25. The summed E-state index contributed by atoms with van der Waals surface area (Å²) in [7, 11) is 0. The van der Waals surface area contributed by atoms with Crippen molar-refractivity contribution in [2.24, 2.45) is 10.8 Å². The van der Waals surface area contributed by atoms with Crippen molar-refractivity contribution in [1.29, 1.82) is 0 Å². The van der Waals surface area contributed by atoms with E-state index < -0.39 is 0 Å². The van der Waals surface area contributed by atoms with Crippen LogP contribution >= 0.6 is 0 Å². The van der Waals surface area contributed by atoms with Gasteiger partial charge in [0.05, 0.1) is 6.10 Å². The average molecular weight is 172 g/mol. The molecular formula is C11H24O. The van der Waals surface area contributed by atoms with Gasteiger partial charge in [-0.3, -0.25) is 0 Å². The van der Waals surface area contributed by atoms with E-state index in [1.807, 2.05) is 13.8 Å². The van der Waals surface area contributed by atoms with Gasteiger partial charge in [0.15, 0.2) is 0 Å². The molecule has 1 aliphatic carbocycles. The van der Waals surface area contributed by atoms with Gasteiger partial charge in [-0.15, -0.1) is 0 Å². The minimum absolute atomic E-state index is 0.0648. The summed E-state index contributed by atoms with van der Waals surface area (Å²) in [5.41, 5.74) is 0.624. The summed E-state index contributed by atoms with van der Waals surface area (Å²) >= 11 is 0. The Labute approximate surface area is 77.2 Å². The Morgan fingerprint density at radius 1 is 0.917 bits per heavy atom. The Hall–Kier alpha value is -0.0400. The minimum atomic E-state index is -0.0648. The van der Waals surface area contributed by atoms with Gasteiger partial charge in [-0.05, 0) is 23.7 Å². The molecule has 0 aromatic carbocycles. The molecule has 1 N–H and O–H groups in total. The molecule has 1 rings (SSSR count). The predicted octanol–water partition coefficient (Wildman–Crippen LogP) is 3.22. The van der Waals surface area contributed by atoms with Crippen LogP contribution in [0.4, 0.5) is 0 Å². The summed E-state index contributed by atoms with van der Waals surface area (Å²) in [6.45, 7) is 13.0. The van der Waals surface area contributed by atoms with E-state index in [0.717, 1.165) is 12.8 Å². The van der Waals surface area contributed by atoms with Gasteiger partial charge in [-0.2, -0.15) is 0 Å². The summed E-state index contributed by atoms with van der Waals surface area (Å²) in [5, 5.41) is 9.40. The Balaban J connectivity index is 0.000000561. The largest absolute Gasteiger partial charge is 0.393 e. The summed E-state index contributed by atoms with van der Waals surface area (Å²) in [4.78, 5) is 0. The van der Waals surface area contributed by atoms with Crippen LogP contribution in [0, 0.1) is 10.8 Å². The zero-order chi connectivity index (χ0) is 9.99. The third kappa shape index (κ3) is 2.22. The highest BCUT2D eigenvalue weighted by molar-refractivity contribution is 4.95. The molecule has 0 heterocycles. The number of hydrogen-bond donors (Lipinski definition) is 1. The second-order valence-corrected chi connectivity index (χ2v) is 4.83. The Kier molecular flexibility index (Phi) is 3.77. The first kappa shape index (κ1) is 12.0. The molecular weight excluding hydrogens is 148 g/mol. The van der Waals surface area contributed by atoms with Gasteiger partial charge in [-0.25, -0.2) is 0 Å². The van der Waals surface area contributed by atoms with Gasteiger partial charge in [-0.1, -0.05) is 41.5 Å². The van der Waals surface area contributed by atoms with E-state index in [1.54, 1.807) is 0 Å². The summed E-state index contributed by atoms with van der Waals surface area (Å²) in [6, 6.07) is 0. The number of hydrogen-bond acceptors (Lipinski definition) is 1. The van der Waals surface area contributed by atoms with Crippen LogP contribution in [-0.2, 0) is 0 Å². The van der Waals surface area contributed by atoms with Crippen molar-refractivity contribution in [1.82, 2.24) is 0 Å². The molecule has 1 heteroatoms. The van der Waals surface area contributed by atoms with Crippen molar-refractivity contribution in [3.05, 3.63) is 0 Å². The fourth-order valence-corrected chi connectivity index (χ4v) is 1.80. The van der Waals surface area contributed by atoms with Crippen LogP contribution in [0.3, 0.4) is 0 Å². The van der Waals surface area contributed by atoms with Gasteiger partial charge in [0, 0.05) is 0 Å². The monoisotopic (exact) mass is 172 g/mol. The zero-order valence-electron chi connectivity index (χ0n) is 9.44. The van der Waals surface area contributed by atoms with E-state index in [1.165, 1.54) is 0 Å². The first-order valence-electron chi connectivity index (χ1n) is 5.03. The van der Waals surface area contributed by atoms with Crippen molar-refractivity contribution >= 4 is 0 Å². The highest BCUT2D eigenvalue weighted by Gasteiger charge is 2.45. The Bertz CT molecular complexity index is 120. The third-order valence-corrected chi connectivity index (χ3v) is 3.32. The van der Waals surface area contributed by atoms with Crippen molar-refractivity contribution < 1.29 is 5.11 Å². The van der Waals surface area contributed by atoms with E-state index >= 15 is 0 Å². The maximum absolute atomic E-state index is 9.40. The molecule has 12 heavy (non-hydrogen) atoms. The maximum atomic E-state index is 9.40. The van der Waals surface area contributed by atoms with Gasteiger partial charge in [0.2, 0.25) is 0 Å². The quantitative estimate of drug-likeness (QED) is 0.595. The molecule has 0 atom stereocenters. The molecule has 1 saturated carbocycles. The number of aliphatic hydroxyl groups is 1. The number of aliphatic hydroxyl groups excluding tert-OH is 1. The minimum Gasteiger partial charge on any atom is -0.393 e. The lowest BCUT2D eigenvalue weighted by atomic mass is 9.71. The van der Waals surface area contributed by atoms with Crippen molar-refractivity contribution in [3.63, 3.8) is 0 Å². The SMILES string of the molecule is CC.CC1(C)CC(O)CC1(C)C. The van der Waals surface area contributed by atoms with Crippen molar-refractivity contribution in [2.45, 2.75) is 60.5 Å². The summed E-state index contributed by atoms with van der Waals surface area (Å²) in [6.07, 6.45) is 1.85. The fourth-order valence-electron chi connectivity index (χ4n) is 1.80. The molecule has 0 aliphatic heterocycles. The lowest BCUT2D eigenvalue weighted by Gasteiger charge is -2.34. The smallest absolute Gasteiger partial charge is 0.0550 e. The van der Waals surface area contributed by atoms with Crippen LogP contribution in [0.5, 0.6) is 0 Å². The van der Waals surface area contributed by atoms with E-state index in [-0.39, 0.29) is 6.10 Å². The molecule has 0 unspecified atom stereocenters.